The molecule has 5 rings (SSSR count). The number of aromatic nitrogens is 2. The highest BCUT2D eigenvalue weighted by Crippen LogP contribution is 2.41. The highest BCUT2D eigenvalue weighted by atomic mass is 19.1. The molecule has 1 fully saturated rings. The molecule has 33 heavy (non-hydrogen) atoms. The summed E-state index contributed by atoms with van der Waals surface area (Å²) in [6, 6.07) is 14.3. The molecule has 4 aromatic rings. The summed E-state index contributed by atoms with van der Waals surface area (Å²) < 4.78 is 21.1. The molecule has 0 spiro atoms. The maximum absolute atomic E-state index is 13.6. The third kappa shape index (κ3) is 3.97. The van der Waals surface area contributed by atoms with Gasteiger partial charge in [0.2, 0.25) is 0 Å². The summed E-state index contributed by atoms with van der Waals surface area (Å²) >= 11 is 0. The number of carbonyl (C=O) groups is 1. The van der Waals surface area contributed by atoms with Crippen LogP contribution in [0.15, 0.2) is 65.5 Å². The Morgan fingerprint density at radius 3 is 2.55 bits per heavy atom. The molecule has 0 saturated heterocycles. The molecule has 1 amide bonds. The molecule has 1 aliphatic carbocycles. The minimum absolute atomic E-state index is 0.266. The first-order chi connectivity index (χ1) is 16.0. The maximum atomic E-state index is 13.6. The summed E-state index contributed by atoms with van der Waals surface area (Å²) in [5.74, 6) is -0.293. The van der Waals surface area contributed by atoms with Crippen molar-refractivity contribution in [3.8, 4) is 22.5 Å². The molecule has 2 heterocycles. The zero-order valence-electron chi connectivity index (χ0n) is 18.8. The number of furan rings is 1. The average molecular weight is 444 g/mol. The number of imidazole rings is 1. The lowest BCUT2D eigenvalue weighted by Gasteiger charge is -2.20. The van der Waals surface area contributed by atoms with Gasteiger partial charge >= 0.3 is 0 Å². The van der Waals surface area contributed by atoms with Crippen molar-refractivity contribution in [2.75, 3.05) is 5.32 Å². The molecule has 0 bridgehead atoms. The molecule has 1 aliphatic rings. The van der Waals surface area contributed by atoms with E-state index >= 15 is 0 Å². The summed E-state index contributed by atoms with van der Waals surface area (Å²) in [6.45, 7) is 3.99. The molecule has 1 N–H and O–H groups in total. The number of nitrogens with one attached hydrogen (secondary N) is 1. The van der Waals surface area contributed by atoms with Crippen LogP contribution in [0.1, 0.15) is 53.4 Å². The van der Waals surface area contributed by atoms with Gasteiger partial charge in [-0.05, 0) is 74.2 Å². The van der Waals surface area contributed by atoms with Crippen LogP contribution in [0.2, 0.25) is 0 Å². The van der Waals surface area contributed by atoms with Gasteiger partial charge < -0.3 is 14.3 Å². The van der Waals surface area contributed by atoms with E-state index in [4.69, 9.17) is 9.40 Å². The smallest absolute Gasteiger partial charge is 0.291 e. The number of halogens is 1. The van der Waals surface area contributed by atoms with Gasteiger partial charge in [-0.2, -0.15) is 0 Å². The van der Waals surface area contributed by atoms with Gasteiger partial charge in [-0.3, -0.25) is 4.79 Å². The Balaban J connectivity index is 1.64. The third-order valence-electron chi connectivity index (χ3n) is 6.54. The Hall–Kier alpha value is -3.67. The number of hydrogen-bond acceptors (Lipinski definition) is 3. The van der Waals surface area contributed by atoms with Gasteiger partial charge in [0.1, 0.15) is 5.82 Å². The Bertz CT molecular complexity index is 1280. The van der Waals surface area contributed by atoms with Crippen molar-refractivity contribution in [1.29, 1.82) is 0 Å². The van der Waals surface area contributed by atoms with Crippen LogP contribution in [-0.4, -0.2) is 15.5 Å². The number of amides is 1. The van der Waals surface area contributed by atoms with Gasteiger partial charge in [-0.25, -0.2) is 9.37 Å². The number of hydrogen-bond donors (Lipinski definition) is 1. The summed E-state index contributed by atoms with van der Waals surface area (Å²) in [6.07, 6.45) is 8.01. The van der Waals surface area contributed by atoms with E-state index in [0.717, 1.165) is 52.2 Å². The van der Waals surface area contributed by atoms with Crippen molar-refractivity contribution < 1.29 is 13.6 Å². The van der Waals surface area contributed by atoms with Crippen molar-refractivity contribution in [3.63, 3.8) is 0 Å². The van der Waals surface area contributed by atoms with Crippen molar-refractivity contribution in [2.24, 2.45) is 0 Å². The lowest BCUT2D eigenvalue weighted by atomic mass is 9.96. The fourth-order valence-corrected chi connectivity index (χ4v) is 4.78. The van der Waals surface area contributed by atoms with Crippen LogP contribution in [-0.2, 0) is 0 Å². The second-order valence-corrected chi connectivity index (χ2v) is 8.66. The van der Waals surface area contributed by atoms with E-state index in [1.807, 2.05) is 26.2 Å². The molecule has 1 saturated carbocycles. The topological polar surface area (TPSA) is 60.1 Å². The Morgan fingerprint density at radius 2 is 1.85 bits per heavy atom. The second-order valence-electron chi connectivity index (χ2n) is 8.66. The van der Waals surface area contributed by atoms with E-state index in [1.54, 1.807) is 24.3 Å². The Kier molecular flexibility index (Phi) is 5.58. The molecule has 6 heteroatoms. The summed E-state index contributed by atoms with van der Waals surface area (Å²) in [5, 5.41) is 3.03. The maximum Gasteiger partial charge on any atom is 0.291 e. The van der Waals surface area contributed by atoms with Crippen LogP contribution >= 0.6 is 0 Å². The van der Waals surface area contributed by atoms with Gasteiger partial charge in [0.25, 0.3) is 5.91 Å². The fourth-order valence-electron chi connectivity index (χ4n) is 4.78. The van der Waals surface area contributed by atoms with E-state index < -0.39 is 0 Å². The molecule has 168 valence electrons. The third-order valence-corrected chi connectivity index (χ3v) is 6.54. The standard InChI is InChI=1S/C27H26FN3O2/c1-17-9-14-22(18(2)24(17)30-27(32)23-8-5-15-33-23)26-25(19-10-12-20(28)13-11-19)29-16-31(26)21-6-3-4-7-21/h5,8-16,21H,3-4,6-7H2,1-2H3,(H,30,32). The zero-order valence-corrected chi connectivity index (χ0v) is 18.8. The lowest BCUT2D eigenvalue weighted by Crippen LogP contribution is -2.14. The highest BCUT2D eigenvalue weighted by Gasteiger charge is 2.25. The van der Waals surface area contributed by atoms with Crippen LogP contribution in [0, 0.1) is 19.7 Å². The molecule has 5 nitrogen and oxygen atoms in total. The number of benzene rings is 2. The Morgan fingerprint density at radius 1 is 1.09 bits per heavy atom. The average Bonchev–Trinajstić information content (AvgIpc) is 3.58. The largest absolute Gasteiger partial charge is 0.459 e. The summed E-state index contributed by atoms with van der Waals surface area (Å²) in [7, 11) is 0. The molecule has 0 radical (unpaired) electrons. The molecule has 0 atom stereocenters. The van der Waals surface area contributed by atoms with Gasteiger partial charge in [-0.15, -0.1) is 0 Å². The van der Waals surface area contributed by atoms with E-state index in [-0.39, 0.29) is 17.5 Å². The van der Waals surface area contributed by atoms with Crippen LogP contribution in [0.4, 0.5) is 10.1 Å². The van der Waals surface area contributed by atoms with Crippen molar-refractivity contribution in [1.82, 2.24) is 9.55 Å². The molecular weight excluding hydrogens is 417 g/mol. The molecule has 0 unspecified atom stereocenters. The number of nitrogens with zero attached hydrogens (tertiary/aromatic N) is 2. The van der Waals surface area contributed by atoms with Gasteiger partial charge in [0, 0.05) is 22.9 Å². The lowest BCUT2D eigenvalue weighted by molar-refractivity contribution is 0.0996. The predicted molar refractivity (Wildman–Crippen MR) is 127 cm³/mol. The molecule has 2 aromatic carbocycles. The van der Waals surface area contributed by atoms with E-state index in [1.165, 1.54) is 31.2 Å². The number of anilines is 1. The number of aryl methyl sites for hydroxylation is 1. The number of rotatable bonds is 5. The van der Waals surface area contributed by atoms with Crippen LogP contribution in [0.3, 0.4) is 0 Å². The summed E-state index contributed by atoms with van der Waals surface area (Å²) in [4.78, 5) is 17.5. The fraction of sp³-hybridized carbons (Fsp3) is 0.259. The normalized spacial score (nSPS) is 14.0. The first kappa shape index (κ1) is 21.2. The zero-order chi connectivity index (χ0) is 22.9. The molecule has 2 aromatic heterocycles. The minimum atomic E-state index is -0.286. The van der Waals surface area contributed by atoms with Crippen LogP contribution < -0.4 is 5.32 Å². The van der Waals surface area contributed by atoms with Crippen LogP contribution in [0.25, 0.3) is 22.5 Å². The monoisotopic (exact) mass is 443 g/mol. The van der Waals surface area contributed by atoms with E-state index in [2.05, 4.69) is 16.0 Å². The summed E-state index contributed by atoms with van der Waals surface area (Å²) in [5.41, 5.74) is 6.36. The first-order valence-corrected chi connectivity index (χ1v) is 11.3. The van der Waals surface area contributed by atoms with Crippen LogP contribution in [0.5, 0.6) is 0 Å². The Labute approximate surface area is 192 Å². The molecular formula is C27H26FN3O2. The van der Waals surface area contributed by atoms with Gasteiger partial charge in [0.15, 0.2) is 5.76 Å². The SMILES string of the molecule is Cc1ccc(-c2c(-c3ccc(F)cc3)ncn2C2CCCC2)c(C)c1NC(=O)c1ccco1. The van der Waals surface area contributed by atoms with Crippen molar-refractivity contribution in [2.45, 2.75) is 45.6 Å². The highest BCUT2D eigenvalue weighted by molar-refractivity contribution is 6.03. The van der Waals surface area contributed by atoms with Crippen molar-refractivity contribution >= 4 is 11.6 Å². The van der Waals surface area contributed by atoms with E-state index in [0.29, 0.717) is 6.04 Å². The van der Waals surface area contributed by atoms with E-state index in [9.17, 15) is 9.18 Å². The quantitative estimate of drug-likeness (QED) is 0.364. The molecule has 0 aliphatic heterocycles. The predicted octanol–water partition coefficient (Wildman–Crippen LogP) is 6.93. The number of carbonyl (C=O) groups excluding carboxylic acids is 1. The van der Waals surface area contributed by atoms with Gasteiger partial charge in [-0.1, -0.05) is 25.0 Å². The second kappa shape index (κ2) is 8.70. The first-order valence-electron chi connectivity index (χ1n) is 11.3. The van der Waals surface area contributed by atoms with Gasteiger partial charge in [0.05, 0.1) is 24.0 Å². The van der Waals surface area contributed by atoms with Crippen molar-refractivity contribution in [3.05, 3.63) is 83.8 Å². The minimum Gasteiger partial charge on any atom is -0.459 e.